The maximum absolute atomic E-state index is 5.20. The number of ether oxygens (including phenoxy) is 1. The molecule has 10 heavy (non-hydrogen) atoms. The Balaban J connectivity index is 2.15. The van der Waals surface area contributed by atoms with Gasteiger partial charge in [-0.15, -0.1) is 0 Å². The van der Waals surface area contributed by atoms with E-state index < -0.39 is 0 Å². The van der Waals surface area contributed by atoms with E-state index in [9.17, 15) is 0 Å². The summed E-state index contributed by atoms with van der Waals surface area (Å²) >= 11 is 0. The molecular weight excluding hydrogens is 128 g/mol. The average molecular weight is 144 g/mol. The maximum Gasteiger partial charge on any atom is 0.0711 e. The minimum Gasteiger partial charge on any atom is -0.380 e. The molecule has 2 unspecified atom stereocenters. The van der Waals surface area contributed by atoms with Crippen LogP contribution in [0.1, 0.15) is 6.42 Å². The Bertz CT molecular complexity index is 97.6. The van der Waals surface area contributed by atoms with Gasteiger partial charge in [0.05, 0.1) is 6.10 Å². The molecule has 0 aromatic carbocycles. The van der Waals surface area contributed by atoms with Crippen molar-refractivity contribution in [1.82, 2.24) is 10.6 Å². The zero-order valence-corrected chi connectivity index (χ0v) is 6.68. The SMILES string of the molecule is CNCC1CC(OC)CN1. The Morgan fingerprint density at radius 3 is 3.00 bits per heavy atom. The monoisotopic (exact) mass is 144 g/mol. The van der Waals surface area contributed by atoms with Crippen molar-refractivity contribution in [2.75, 3.05) is 27.2 Å². The minimum absolute atomic E-state index is 0.429. The molecule has 60 valence electrons. The van der Waals surface area contributed by atoms with Gasteiger partial charge in [0, 0.05) is 26.2 Å². The van der Waals surface area contributed by atoms with E-state index in [0.29, 0.717) is 12.1 Å². The third kappa shape index (κ3) is 1.94. The van der Waals surface area contributed by atoms with Crippen LogP contribution < -0.4 is 10.6 Å². The average Bonchev–Trinajstić information content (AvgIpc) is 2.37. The summed E-state index contributed by atoms with van der Waals surface area (Å²) in [5.41, 5.74) is 0. The van der Waals surface area contributed by atoms with E-state index in [0.717, 1.165) is 19.5 Å². The van der Waals surface area contributed by atoms with E-state index in [2.05, 4.69) is 10.6 Å². The molecule has 2 N–H and O–H groups in total. The van der Waals surface area contributed by atoms with Gasteiger partial charge in [0.15, 0.2) is 0 Å². The summed E-state index contributed by atoms with van der Waals surface area (Å²) in [6, 6.07) is 0.606. The minimum atomic E-state index is 0.429. The Kier molecular flexibility index (Phi) is 3.12. The second kappa shape index (κ2) is 3.91. The van der Waals surface area contributed by atoms with Crippen LogP contribution in [0.3, 0.4) is 0 Å². The lowest BCUT2D eigenvalue weighted by Crippen LogP contribution is -2.31. The van der Waals surface area contributed by atoms with Crippen molar-refractivity contribution in [2.24, 2.45) is 0 Å². The highest BCUT2D eigenvalue weighted by Gasteiger charge is 2.22. The van der Waals surface area contributed by atoms with Gasteiger partial charge in [0.25, 0.3) is 0 Å². The van der Waals surface area contributed by atoms with Crippen LogP contribution in [-0.4, -0.2) is 39.4 Å². The Hall–Kier alpha value is -0.120. The van der Waals surface area contributed by atoms with Crippen molar-refractivity contribution < 1.29 is 4.74 Å². The van der Waals surface area contributed by atoms with Gasteiger partial charge in [0.1, 0.15) is 0 Å². The van der Waals surface area contributed by atoms with Crippen LogP contribution >= 0.6 is 0 Å². The second-order valence-corrected chi connectivity index (χ2v) is 2.76. The maximum atomic E-state index is 5.20. The van der Waals surface area contributed by atoms with Crippen molar-refractivity contribution >= 4 is 0 Å². The van der Waals surface area contributed by atoms with Gasteiger partial charge in [-0.3, -0.25) is 0 Å². The van der Waals surface area contributed by atoms with Gasteiger partial charge in [-0.25, -0.2) is 0 Å². The summed E-state index contributed by atoms with van der Waals surface area (Å²) in [5, 5.41) is 6.51. The number of nitrogens with one attached hydrogen (secondary N) is 2. The molecule has 0 spiro atoms. The van der Waals surface area contributed by atoms with Crippen molar-refractivity contribution in [3.63, 3.8) is 0 Å². The molecular formula is C7H16N2O. The van der Waals surface area contributed by atoms with Crippen LogP contribution in [-0.2, 0) is 4.74 Å². The first-order chi connectivity index (χ1) is 4.86. The highest BCUT2D eigenvalue weighted by Crippen LogP contribution is 2.07. The number of likely N-dealkylation sites (N-methyl/N-ethyl adjacent to an activating group) is 1. The quantitative estimate of drug-likeness (QED) is 0.564. The molecule has 1 aliphatic heterocycles. The summed E-state index contributed by atoms with van der Waals surface area (Å²) in [4.78, 5) is 0. The van der Waals surface area contributed by atoms with Gasteiger partial charge in [0.2, 0.25) is 0 Å². The fourth-order valence-electron chi connectivity index (χ4n) is 1.36. The fraction of sp³-hybridized carbons (Fsp3) is 1.00. The third-order valence-electron chi connectivity index (χ3n) is 1.97. The number of rotatable bonds is 3. The summed E-state index contributed by atoms with van der Waals surface area (Å²) < 4.78 is 5.20. The highest BCUT2D eigenvalue weighted by atomic mass is 16.5. The van der Waals surface area contributed by atoms with Crippen LogP contribution in [0.25, 0.3) is 0 Å². The lowest BCUT2D eigenvalue weighted by Gasteiger charge is -2.07. The Morgan fingerprint density at radius 2 is 2.50 bits per heavy atom. The fourth-order valence-corrected chi connectivity index (χ4v) is 1.36. The molecule has 0 aromatic rings. The third-order valence-corrected chi connectivity index (χ3v) is 1.97. The van der Waals surface area contributed by atoms with Crippen molar-refractivity contribution in [3.05, 3.63) is 0 Å². The first kappa shape index (κ1) is 7.98. The number of methoxy groups -OCH3 is 1. The van der Waals surface area contributed by atoms with E-state index in [-0.39, 0.29) is 0 Å². The molecule has 1 aliphatic rings. The second-order valence-electron chi connectivity index (χ2n) is 2.76. The molecule has 0 radical (unpaired) electrons. The van der Waals surface area contributed by atoms with Gasteiger partial charge in [-0.1, -0.05) is 0 Å². The zero-order valence-electron chi connectivity index (χ0n) is 6.68. The Labute approximate surface area is 62.1 Å². The van der Waals surface area contributed by atoms with Gasteiger partial charge in [-0.05, 0) is 13.5 Å². The van der Waals surface area contributed by atoms with Crippen molar-refractivity contribution in [3.8, 4) is 0 Å². The summed E-state index contributed by atoms with van der Waals surface area (Å²) in [7, 11) is 3.75. The molecule has 0 bridgehead atoms. The van der Waals surface area contributed by atoms with E-state index >= 15 is 0 Å². The molecule has 0 aliphatic carbocycles. The molecule has 1 saturated heterocycles. The number of hydrogen-bond acceptors (Lipinski definition) is 3. The molecule has 1 rings (SSSR count). The van der Waals surface area contributed by atoms with Crippen LogP contribution in [0.15, 0.2) is 0 Å². The van der Waals surface area contributed by atoms with E-state index in [1.165, 1.54) is 0 Å². The van der Waals surface area contributed by atoms with Gasteiger partial charge >= 0.3 is 0 Å². The normalized spacial score (nSPS) is 33.0. The Morgan fingerprint density at radius 1 is 1.70 bits per heavy atom. The lowest BCUT2D eigenvalue weighted by atomic mass is 10.2. The van der Waals surface area contributed by atoms with Crippen LogP contribution in [0.2, 0.25) is 0 Å². The predicted octanol–water partition coefficient (Wildman–Crippen LogP) is -0.417. The molecule has 1 heterocycles. The smallest absolute Gasteiger partial charge is 0.0711 e. The van der Waals surface area contributed by atoms with Crippen LogP contribution in [0.4, 0.5) is 0 Å². The first-order valence-electron chi connectivity index (χ1n) is 3.77. The zero-order chi connectivity index (χ0) is 7.40. The molecule has 2 atom stereocenters. The molecule has 1 fully saturated rings. The topological polar surface area (TPSA) is 33.3 Å². The van der Waals surface area contributed by atoms with E-state index in [1.54, 1.807) is 7.11 Å². The van der Waals surface area contributed by atoms with Crippen LogP contribution in [0, 0.1) is 0 Å². The van der Waals surface area contributed by atoms with E-state index in [4.69, 9.17) is 4.74 Å². The summed E-state index contributed by atoms with van der Waals surface area (Å²) in [6.45, 7) is 2.04. The van der Waals surface area contributed by atoms with Crippen molar-refractivity contribution in [1.29, 1.82) is 0 Å². The highest BCUT2D eigenvalue weighted by molar-refractivity contribution is 4.82. The number of hydrogen-bond donors (Lipinski definition) is 2. The van der Waals surface area contributed by atoms with Gasteiger partial charge < -0.3 is 15.4 Å². The summed E-state index contributed by atoms with van der Waals surface area (Å²) in [5.74, 6) is 0. The van der Waals surface area contributed by atoms with Crippen molar-refractivity contribution in [2.45, 2.75) is 18.6 Å². The summed E-state index contributed by atoms with van der Waals surface area (Å²) in [6.07, 6.45) is 1.57. The molecule has 3 heteroatoms. The van der Waals surface area contributed by atoms with Gasteiger partial charge in [-0.2, -0.15) is 0 Å². The predicted molar refractivity (Wildman–Crippen MR) is 41.1 cm³/mol. The standard InChI is InChI=1S/C7H16N2O/c1-8-4-6-3-7(10-2)5-9-6/h6-9H,3-5H2,1-2H3. The first-order valence-corrected chi connectivity index (χ1v) is 3.77. The largest absolute Gasteiger partial charge is 0.380 e. The molecule has 0 amide bonds. The molecule has 0 saturated carbocycles. The van der Waals surface area contributed by atoms with E-state index in [1.807, 2.05) is 7.05 Å². The lowest BCUT2D eigenvalue weighted by molar-refractivity contribution is 0.117. The molecule has 0 aromatic heterocycles. The molecule has 3 nitrogen and oxygen atoms in total. The van der Waals surface area contributed by atoms with Crippen LogP contribution in [0.5, 0.6) is 0 Å².